The van der Waals surface area contributed by atoms with Crippen LogP contribution < -0.4 is 14.4 Å². The number of unbranched alkanes of at least 4 members (excludes halogenated alkanes) is 6. The molecule has 0 aromatic heterocycles. The summed E-state index contributed by atoms with van der Waals surface area (Å²) >= 11 is 7.35. The van der Waals surface area contributed by atoms with Crippen LogP contribution >= 0.6 is 11.6 Å². The molecular formula is C52H72ClN2O6+. The molecule has 0 amide bonds. The number of anilines is 1. The van der Waals surface area contributed by atoms with Gasteiger partial charge in [0.1, 0.15) is 18.0 Å². The summed E-state index contributed by atoms with van der Waals surface area (Å²) in [5.74, 6) is 1.52. The lowest BCUT2D eigenvalue weighted by atomic mass is 9.81. The summed E-state index contributed by atoms with van der Waals surface area (Å²) in [6.07, 6.45) is 22.2. The number of methoxy groups -OCH3 is 2. The summed E-state index contributed by atoms with van der Waals surface area (Å²) in [5, 5.41) is 0.833. The third-order valence-corrected chi connectivity index (χ3v) is 13.1. The number of benzene rings is 2. The van der Waals surface area contributed by atoms with E-state index in [9.17, 15) is 9.59 Å². The number of allylic oxidation sites excluding steroid dienone is 8. The molecule has 5 rings (SSSR count). The lowest BCUT2D eigenvalue weighted by Crippen LogP contribution is -2.28. The van der Waals surface area contributed by atoms with E-state index in [0.29, 0.717) is 26.1 Å². The molecule has 0 bridgehead atoms. The molecule has 0 radical (unpaired) electrons. The predicted molar refractivity (Wildman–Crippen MR) is 250 cm³/mol. The maximum atomic E-state index is 12.2. The smallest absolute Gasteiger partial charge is 0.305 e. The molecule has 2 aromatic rings. The molecule has 0 fully saturated rings. The molecule has 0 spiro atoms. The van der Waals surface area contributed by atoms with E-state index in [1.807, 2.05) is 12.1 Å². The molecule has 0 saturated carbocycles. The molecule has 8 nitrogen and oxygen atoms in total. The van der Waals surface area contributed by atoms with E-state index in [4.69, 9.17) is 30.5 Å². The van der Waals surface area contributed by atoms with Gasteiger partial charge in [-0.25, -0.2) is 0 Å². The van der Waals surface area contributed by atoms with Crippen LogP contribution in [0.4, 0.5) is 11.4 Å². The molecule has 0 N–H and O–H groups in total. The molecular weight excluding hydrogens is 784 g/mol. The Kier molecular flexibility index (Phi) is 17.8. The largest absolute Gasteiger partial charge is 0.497 e. The van der Waals surface area contributed by atoms with Crippen LogP contribution in [0.5, 0.6) is 11.5 Å². The van der Waals surface area contributed by atoms with Gasteiger partial charge in [-0.1, -0.05) is 70.7 Å². The number of nitrogens with zero attached hydrogens (tertiary/aromatic N) is 2. The van der Waals surface area contributed by atoms with Crippen molar-refractivity contribution in [2.75, 3.05) is 45.4 Å². The fourth-order valence-corrected chi connectivity index (χ4v) is 9.16. The molecule has 3 aliphatic rings. The zero-order valence-corrected chi connectivity index (χ0v) is 39.2. The average molecular weight is 857 g/mol. The molecule has 0 unspecified atom stereocenters. The molecule has 2 heterocycles. The van der Waals surface area contributed by atoms with Crippen LogP contribution in [0.25, 0.3) is 0 Å². The highest BCUT2D eigenvalue weighted by Crippen LogP contribution is 2.49. The minimum atomic E-state index is -0.249. The number of fused-ring (bicyclic) bond motifs is 2. The van der Waals surface area contributed by atoms with Crippen LogP contribution in [0, 0.1) is 0 Å². The van der Waals surface area contributed by atoms with Gasteiger partial charge in [-0.3, -0.25) is 9.59 Å². The number of halogens is 1. The highest BCUT2D eigenvalue weighted by atomic mass is 35.5. The van der Waals surface area contributed by atoms with Crippen molar-refractivity contribution in [3.8, 4) is 11.5 Å². The van der Waals surface area contributed by atoms with Crippen LogP contribution in [0.15, 0.2) is 82.6 Å². The highest BCUT2D eigenvalue weighted by molar-refractivity contribution is 6.32. The minimum Gasteiger partial charge on any atom is -0.497 e. The highest BCUT2D eigenvalue weighted by Gasteiger charge is 2.45. The van der Waals surface area contributed by atoms with Crippen LogP contribution in [-0.2, 0) is 29.9 Å². The van der Waals surface area contributed by atoms with Gasteiger partial charge in [0, 0.05) is 65.3 Å². The standard InChI is InChI=1S/C52H72ClN2O6/c1-9-11-34-60-48(56)22-15-13-17-32-54-44-28-26-40(58-7)36-42(44)51(3,4)46(54)30-24-38-20-19-21-39(50(38)53)25-31-47-52(5,6)43-37-41(59-8)27-29-45(43)55(47)33-18-14-16-23-49(57)61-35-12-10-2/h24-31,36-37H,9-23,32-35H2,1-8H3/q+1. The number of rotatable bonds is 23. The number of esters is 2. The van der Waals surface area contributed by atoms with Crippen molar-refractivity contribution in [1.82, 2.24) is 0 Å². The molecule has 2 aliphatic heterocycles. The predicted octanol–water partition coefficient (Wildman–Crippen LogP) is 12.7. The number of hydrogen-bond acceptors (Lipinski definition) is 7. The van der Waals surface area contributed by atoms with Crippen LogP contribution in [0.2, 0.25) is 0 Å². The van der Waals surface area contributed by atoms with Crippen molar-refractivity contribution in [2.45, 2.75) is 149 Å². The number of ether oxygens (including phenoxy) is 4. The Morgan fingerprint density at radius 1 is 0.738 bits per heavy atom. The molecule has 0 atom stereocenters. The Balaban J connectivity index is 1.36. The lowest BCUT2D eigenvalue weighted by molar-refractivity contribution is -0.438. The fourth-order valence-electron chi connectivity index (χ4n) is 8.85. The maximum Gasteiger partial charge on any atom is 0.305 e. The van der Waals surface area contributed by atoms with Crippen LogP contribution in [-0.4, -0.2) is 62.7 Å². The van der Waals surface area contributed by atoms with E-state index in [-0.39, 0.29) is 22.8 Å². The number of carbonyl (C=O) groups excluding carboxylic acids is 2. The first-order chi connectivity index (χ1) is 29.4. The SMILES string of the molecule is CCCCOC(=O)CCCCCN1/C(=C/C=C2\CCCC(/C=C/C3=[N+](CCCCCC(=O)OCCCC)c4ccc(OC)cc4C3(C)C)=C2Cl)C(C)(C)c2cc(OC)ccc21. The zero-order valence-electron chi connectivity index (χ0n) is 38.4. The van der Waals surface area contributed by atoms with Crippen molar-refractivity contribution >= 4 is 40.6 Å². The second-order valence-electron chi connectivity index (χ2n) is 17.7. The first-order valence-electron chi connectivity index (χ1n) is 23.0. The van der Waals surface area contributed by atoms with E-state index < -0.39 is 0 Å². The lowest BCUT2D eigenvalue weighted by Gasteiger charge is -2.27. The Hall–Kier alpha value is -4.30. The maximum absolute atomic E-state index is 12.2. The van der Waals surface area contributed by atoms with Crippen molar-refractivity contribution in [3.05, 3.63) is 93.7 Å². The van der Waals surface area contributed by atoms with Crippen molar-refractivity contribution < 1.29 is 33.1 Å². The van der Waals surface area contributed by atoms with Crippen molar-refractivity contribution in [1.29, 1.82) is 0 Å². The third-order valence-electron chi connectivity index (χ3n) is 12.6. The fraction of sp³-hybridized carbons (Fsp3) is 0.558. The second-order valence-corrected chi connectivity index (χ2v) is 18.1. The second kappa shape index (κ2) is 22.7. The zero-order chi connectivity index (χ0) is 44.0. The first kappa shape index (κ1) is 47.7. The van der Waals surface area contributed by atoms with E-state index in [0.717, 1.165) is 124 Å². The quantitative estimate of drug-likeness (QED) is 0.0626. The summed E-state index contributed by atoms with van der Waals surface area (Å²) in [7, 11) is 3.44. The molecule has 2 aromatic carbocycles. The number of carbonyl (C=O) groups is 2. The van der Waals surface area contributed by atoms with Gasteiger partial charge in [0.15, 0.2) is 5.71 Å². The Morgan fingerprint density at radius 3 is 2.00 bits per heavy atom. The summed E-state index contributed by atoms with van der Waals surface area (Å²) in [6.45, 7) is 16.1. The minimum absolute atomic E-state index is 0.0920. The van der Waals surface area contributed by atoms with Crippen molar-refractivity contribution in [2.24, 2.45) is 0 Å². The van der Waals surface area contributed by atoms with Gasteiger partial charge in [0.05, 0.1) is 32.8 Å². The van der Waals surface area contributed by atoms with Crippen LogP contribution in [0.3, 0.4) is 0 Å². The molecule has 9 heteroatoms. The Bertz CT molecular complexity index is 2000. The molecule has 1 aliphatic carbocycles. The van der Waals surface area contributed by atoms with Gasteiger partial charge in [-0.2, -0.15) is 4.58 Å². The molecule has 0 saturated heterocycles. The van der Waals surface area contributed by atoms with Crippen molar-refractivity contribution in [3.63, 3.8) is 0 Å². The van der Waals surface area contributed by atoms with E-state index in [1.54, 1.807) is 14.2 Å². The number of hydrogen-bond donors (Lipinski definition) is 0. The summed E-state index contributed by atoms with van der Waals surface area (Å²) in [6, 6.07) is 12.8. The summed E-state index contributed by atoms with van der Waals surface area (Å²) in [5.41, 5.74) is 9.16. The van der Waals surface area contributed by atoms with Gasteiger partial charge in [-0.15, -0.1) is 0 Å². The van der Waals surface area contributed by atoms with Crippen LogP contribution in [0.1, 0.15) is 149 Å². The van der Waals surface area contributed by atoms with Gasteiger partial charge in [0.2, 0.25) is 5.69 Å². The topological polar surface area (TPSA) is 77.3 Å². The molecule has 61 heavy (non-hydrogen) atoms. The van der Waals surface area contributed by atoms with E-state index in [2.05, 4.69) is 99.6 Å². The van der Waals surface area contributed by atoms with Gasteiger partial charge in [-0.05, 0) is 125 Å². The van der Waals surface area contributed by atoms with Gasteiger partial charge >= 0.3 is 11.9 Å². The van der Waals surface area contributed by atoms with Gasteiger partial charge < -0.3 is 23.8 Å². The average Bonchev–Trinajstić information content (AvgIpc) is 3.59. The van der Waals surface area contributed by atoms with E-state index in [1.165, 1.54) is 33.9 Å². The Morgan fingerprint density at radius 2 is 1.36 bits per heavy atom. The van der Waals surface area contributed by atoms with Gasteiger partial charge in [0.25, 0.3) is 0 Å². The summed E-state index contributed by atoms with van der Waals surface area (Å²) < 4.78 is 24.5. The van der Waals surface area contributed by atoms with E-state index >= 15 is 0 Å². The first-order valence-corrected chi connectivity index (χ1v) is 23.3. The third kappa shape index (κ3) is 12.0. The Labute approximate surface area is 371 Å². The molecule has 332 valence electrons. The summed E-state index contributed by atoms with van der Waals surface area (Å²) in [4.78, 5) is 26.9. The normalized spacial score (nSPS) is 18.0. The monoisotopic (exact) mass is 856 g/mol.